The first kappa shape index (κ1) is 26.3. The van der Waals surface area contributed by atoms with E-state index in [9.17, 15) is 14.4 Å². The summed E-state index contributed by atoms with van der Waals surface area (Å²) < 4.78 is 10.2. The zero-order valence-electron chi connectivity index (χ0n) is 19.0. The van der Waals surface area contributed by atoms with E-state index in [0.717, 1.165) is 44.1 Å². The number of alkyl carbamates (subject to hydrolysis) is 2. The van der Waals surface area contributed by atoms with Crippen LogP contribution in [0.1, 0.15) is 64.9 Å². The molecule has 0 aliphatic rings. The summed E-state index contributed by atoms with van der Waals surface area (Å²) >= 11 is 0. The van der Waals surface area contributed by atoms with Crippen LogP contribution in [0, 0.1) is 0 Å². The molecular weight excluding hydrogens is 398 g/mol. The highest BCUT2D eigenvalue weighted by atomic mass is 16.6. The summed E-state index contributed by atoms with van der Waals surface area (Å²) in [6.45, 7) is 6.79. The molecule has 0 saturated carbocycles. The van der Waals surface area contributed by atoms with Gasteiger partial charge in [0.05, 0.1) is 6.54 Å². The summed E-state index contributed by atoms with van der Waals surface area (Å²) in [5.41, 5.74) is 0.419. The number of unbranched alkanes of at least 4 members (excludes halogenated alkanes) is 5. The molecule has 1 aromatic rings. The summed E-state index contributed by atoms with van der Waals surface area (Å²) in [5, 5.41) is 7.98. The van der Waals surface area contributed by atoms with E-state index in [1.165, 1.54) is 0 Å². The Morgan fingerprint density at radius 3 is 1.97 bits per heavy atom. The molecule has 8 nitrogen and oxygen atoms in total. The monoisotopic (exact) mass is 435 g/mol. The number of ether oxygens (including phenoxy) is 2. The van der Waals surface area contributed by atoms with E-state index in [0.29, 0.717) is 13.1 Å². The predicted octanol–water partition coefficient (Wildman–Crippen LogP) is 3.89. The van der Waals surface area contributed by atoms with Crippen LogP contribution in [-0.2, 0) is 20.9 Å². The van der Waals surface area contributed by atoms with Gasteiger partial charge in [-0.15, -0.1) is 0 Å². The summed E-state index contributed by atoms with van der Waals surface area (Å²) in [5.74, 6) is -0.232. The quantitative estimate of drug-likeness (QED) is 0.408. The van der Waals surface area contributed by atoms with Crippen molar-refractivity contribution in [3.8, 4) is 0 Å². The van der Waals surface area contributed by atoms with Crippen LogP contribution in [0.3, 0.4) is 0 Å². The van der Waals surface area contributed by atoms with Gasteiger partial charge in [-0.3, -0.25) is 4.79 Å². The Kier molecular flexibility index (Phi) is 12.8. The first-order valence-corrected chi connectivity index (χ1v) is 10.9. The highest BCUT2D eigenvalue weighted by Crippen LogP contribution is 2.07. The maximum Gasteiger partial charge on any atom is 0.407 e. The highest BCUT2D eigenvalue weighted by Gasteiger charge is 2.15. The Hall–Kier alpha value is -2.77. The maximum absolute atomic E-state index is 11.7. The lowest BCUT2D eigenvalue weighted by Gasteiger charge is -2.19. The van der Waals surface area contributed by atoms with Crippen LogP contribution in [0.4, 0.5) is 9.59 Å². The minimum Gasteiger partial charge on any atom is -0.445 e. The molecular formula is C23H37N3O5. The molecule has 0 bridgehead atoms. The van der Waals surface area contributed by atoms with Crippen molar-refractivity contribution in [2.45, 2.75) is 71.5 Å². The molecule has 3 amide bonds. The standard InChI is InChI=1S/C23H37N3O5/c1-23(2,3)31-22(29)25-16-12-7-5-4-6-11-15-24-20(27)17-26-21(28)30-18-19-13-9-8-10-14-19/h8-10,13-14H,4-7,11-12,15-18H2,1-3H3,(H,24,27)(H,25,29)(H,26,28). The Bertz CT molecular complexity index is 659. The number of nitrogens with one attached hydrogen (secondary N) is 3. The zero-order chi connectivity index (χ0) is 23.0. The summed E-state index contributed by atoms with van der Waals surface area (Å²) in [4.78, 5) is 34.8. The second-order valence-electron chi connectivity index (χ2n) is 8.32. The van der Waals surface area contributed by atoms with E-state index in [4.69, 9.17) is 9.47 Å². The lowest BCUT2D eigenvalue weighted by Crippen LogP contribution is -2.37. The van der Waals surface area contributed by atoms with Gasteiger partial charge >= 0.3 is 12.2 Å². The van der Waals surface area contributed by atoms with Crippen LogP contribution < -0.4 is 16.0 Å². The second kappa shape index (κ2) is 15.1. The fourth-order valence-corrected chi connectivity index (χ4v) is 2.68. The summed E-state index contributed by atoms with van der Waals surface area (Å²) in [6, 6.07) is 9.35. The largest absolute Gasteiger partial charge is 0.445 e. The lowest BCUT2D eigenvalue weighted by atomic mass is 10.1. The van der Waals surface area contributed by atoms with E-state index >= 15 is 0 Å². The molecule has 0 radical (unpaired) electrons. The minimum absolute atomic E-state index is 0.0989. The SMILES string of the molecule is CC(C)(C)OC(=O)NCCCCCCCCNC(=O)CNC(=O)OCc1ccccc1. The van der Waals surface area contributed by atoms with E-state index < -0.39 is 11.7 Å². The number of benzene rings is 1. The average molecular weight is 436 g/mol. The van der Waals surface area contributed by atoms with Crippen LogP contribution in [0.5, 0.6) is 0 Å². The predicted molar refractivity (Wildman–Crippen MR) is 120 cm³/mol. The van der Waals surface area contributed by atoms with Crippen molar-refractivity contribution in [2.24, 2.45) is 0 Å². The maximum atomic E-state index is 11.7. The van der Waals surface area contributed by atoms with Crippen molar-refractivity contribution in [2.75, 3.05) is 19.6 Å². The molecule has 0 spiro atoms. The van der Waals surface area contributed by atoms with Gasteiger partial charge in [0.2, 0.25) is 5.91 Å². The Labute approximate surface area is 185 Å². The van der Waals surface area contributed by atoms with Gasteiger partial charge in [0.15, 0.2) is 0 Å². The lowest BCUT2D eigenvalue weighted by molar-refractivity contribution is -0.120. The normalized spacial score (nSPS) is 10.8. The molecule has 0 aromatic heterocycles. The first-order chi connectivity index (χ1) is 14.8. The summed E-state index contributed by atoms with van der Waals surface area (Å²) in [6.07, 6.45) is 5.04. The molecule has 0 fully saturated rings. The van der Waals surface area contributed by atoms with Crippen LogP contribution in [0.15, 0.2) is 30.3 Å². The average Bonchev–Trinajstić information content (AvgIpc) is 2.71. The molecule has 0 aliphatic heterocycles. The molecule has 31 heavy (non-hydrogen) atoms. The molecule has 0 atom stereocenters. The highest BCUT2D eigenvalue weighted by molar-refractivity contribution is 5.82. The molecule has 3 N–H and O–H groups in total. The fraction of sp³-hybridized carbons (Fsp3) is 0.609. The van der Waals surface area contributed by atoms with Gasteiger partial charge < -0.3 is 25.4 Å². The fourth-order valence-electron chi connectivity index (χ4n) is 2.68. The van der Waals surface area contributed by atoms with Gasteiger partial charge in [0, 0.05) is 13.1 Å². The molecule has 8 heteroatoms. The molecule has 0 unspecified atom stereocenters. The van der Waals surface area contributed by atoms with E-state index in [1.807, 2.05) is 51.1 Å². The summed E-state index contributed by atoms with van der Waals surface area (Å²) in [7, 11) is 0. The van der Waals surface area contributed by atoms with Crippen molar-refractivity contribution in [3.05, 3.63) is 35.9 Å². The van der Waals surface area contributed by atoms with Gasteiger partial charge in [-0.05, 0) is 39.2 Å². The number of hydrogen-bond donors (Lipinski definition) is 3. The van der Waals surface area contributed by atoms with E-state index in [1.54, 1.807) is 0 Å². The van der Waals surface area contributed by atoms with Gasteiger partial charge in [-0.1, -0.05) is 56.0 Å². The second-order valence-corrected chi connectivity index (χ2v) is 8.32. The number of carbonyl (C=O) groups excluding carboxylic acids is 3. The van der Waals surface area contributed by atoms with Gasteiger partial charge in [0.1, 0.15) is 12.2 Å². The number of carbonyl (C=O) groups is 3. The Morgan fingerprint density at radius 2 is 1.35 bits per heavy atom. The molecule has 0 aliphatic carbocycles. The molecule has 0 heterocycles. The topological polar surface area (TPSA) is 106 Å². The third-order valence-corrected chi connectivity index (χ3v) is 4.20. The van der Waals surface area contributed by atoms with Crippen LogP contribution in [0.2, 0.25) is 0 Å². The van der Waals surface area contributed by atoms with E-state index in [-0.39, 0.29) is 25.2 Å². The van der Waals surface area contributed by atoms with Gasteiger partial charge in [0.25, 0.3) is 0 Å². The molecule has 1 rings (SSSR count). The van der Waals surface area contributed by atoms with Crippen molar-refractivity contribution >= 4 is 18.1 Å². The van der Waals surface area contributed by atoms with Gasteiger partial charge in [-0.2, -0.15) is 0 Å². The smallest absolute Gasteiger partial charge is 0.407 e. The minimum atomic E-state index is -0.611. The Balaban J connectivity index is 1.90. The van der Waals surface area contributed by atoms with Crippen LogP contribution in [0.25, 0.3) is 0 Å². The third kappa shape index (κ3) is 15.7. The van der Waals surface area contributed by atoms with Crippen LogP contribution in [-0.4, -0.2) is 43.3 Å². The number of rotatable bonds is 13. The molecule has 174 valence electrons. The Morgan fingerprint density at radius 1 is 0.774 bits per heavy atom. The van der Waals surface area contributed by atoms with Crippen molar-refractivity contribution < 1.29 is 23.9 Å². The molecule has 0 saturated heterocycles. The zero-order valence-corrected chi connectivity index (χ0v) is 19.0. The van der Waals surface area contributed by atoms with Crippen molar-refractivity contribution in [1.82, 2.24) is 16.0 Å². The van der Waals surface area contributed by atoms with Crippen molar-refractivity contribution in [1.29, 1.82) is 0 Å². The number of hydrogen-bond acceptors (Lipinski definition) is 5. The molecule has 1 aromatic carbocycles. The third-order valence-electron chi connectivity index (χ3n) is 4.20. The van der Waals surface area contributed by atoms with Crippen LogP contribution >= 0.6 is 0 Å². The van der Waals surface area contributed by atoms with Gasteiger partial charge in [-0.25, -0.2) is 9.59 Å². The van der Waals surface area contributed by atoms with Crippen molar-refractivity contribution in [3.63, 3.8) is 0 Å². The van der Waals surface area contributed by atoms with E-state index in [2.05, 4.69) is 16.0 Å². The number of amides is 3. The first-order valence-electron chi connectivity index (χ1n) is 10.9.